The summed E-state index contributed by atoms with van der Waals surface area (Å²) >= 11 is 2.06. The number of oxazole rings is 1. The summed E-state index contributed by atoms with van der Waals surface area (Å²) in [6.45, 7) is 4.50. The van der Waals surface area contributed by atoms with E-state index in [1.54, 1.807) is 0 Å². The van der Waals surface area contributed by atoms with Crippen molar-refractivity contribution in [3.05, 3.63) is 84.1 Å². The number of thioether (sulfide) groups is 1. The molecule has 3 saturated heterocycles. The molecular formula is C30H37N2O2S+. The lowest BCUT2D eigenvalue weighted by Crippen LogP contribution is -2.62. The summed E-state index contributed by atoms with van der Waals surface area (Å²) in [5.74, 6) is 2.38. The fraction of sp³-hybridized carbons (Fsp3) is 0.500. The monoisotopic (exact) mass is 489 g/mol. The number of hydrogen-bond donors (Lipinski definition) is 1. The Bertz CT molecular complexity index is 1100. The van der Waals surface area contributed by atoms with E-state index >= 15 is 0 Å². The van der Waals surface area contributed by atoms with Gasteiger partial charge in [-0.3, -0.25) is 0 Å². The summed E-state index contributed by atoms with van der Waals surface area (Å²) in [5, 5.41) is 12.8. The van der Waals surface area contributed by atoms with Crippen LogP contribution in [0.25, 0.3) is 0 Å². The van der Waals surface area contributed by atoms with Crippen LogP contribution < -0.4 is 0 Å². The molecule has 1 aliphatic carbocycles. The highest BCUT2D eigenvalue weighted by Gasteiger charge is 2.48. The Morgan fingerprint density at radius 2 is 1.60 bits per heavy atom. The van der Waals surface area contributed by atoms with Gasteiger partial charge in [-0.05, 0) is 36.5 Å². The second kappa shape index (κ2) is 9.76. The molecule has 2 aromatic carbocycles. The zero-order valence-electron chi connectivity index (χ0n) is 20.5. The van der Waals surface area contributed by atoms with Crippen LogP contribution in [-0.2, 0) is 12.1 Å². The van der Waals surface area contributed by atoms with Crippen LogP contribution in [0.2, 0.25) is 0 Å². The van der Waals surface area contributed by atoms with Crippen molar-refractivity contribution in [3.8, 4) is 0 Å². The largest absolute Gasteiger partial charge is 0.436 e. The molecule has 7 rings (SSSR count). The number of piperidine rings is 3. The molecule has 2 bridgehead atoms. The Balaban J connectivity index is 1.24. The second-order valence-corrected chi connectivity index (χ2v) is 12.3. The molecule has 1 N–H and O–H groups in total. The van der Waals surface area contributed by atoms with Gasteiger partial charge in [-0.2, -0.15) is 0 Å². The number of benzene rings is 2. The van der Waals surface area contributed by atoms with E-state index in [0.29, 0.717) is 11.1 Å². The van der Waals surface area contributed by atoms with Gasteiger partial charge in [-0.25, -0.2) is 4.98 Å². The lowest BCUT2D eigenvalue weighted by molar-refractivity contribution is -0.954. The zero-order valence-corrected chi connectivity index (χ0v) is 21.3. The zero-order chi connectivity index (χ0) is 23.7. The van der Waals surface area contributed by atoms with Gasteiger partial charge in [0.1, 0.15) is 6.54 Å². The van der Waals surface area contributed by atoms with Crippen LogP contribution in [0.1, 0.15) is 62.2 Å². The number of aliphatic hydroxyl groups is 1. The van der Waals surface area contributed by atoms with Gasteiger partial charge in [-0.15, -0.1) is 11.8 Å². The van der Waals surface area contributed by atoms with E-state index in [-0.39, 0.29) is 5.92 Å². The van der Waals surface area contributed by atoms with Crippen molar-refractivity contribution in [3.63, 3.8) is 0 Å². The van der Waals surface area contributed by atoms with Gasteiger partial charge in [0.15, 0.2) is 11.4 Å². The average molecular weight is 490 g/mol. The molecule has 3 aliphatic heterocycles. The third-order valence-corrected chi connectivity index (χ3v) is 10.2. The maximum absolute atomic E-state index is 12.2. The van der Waals surface area contributed by atoms with Gasteiger partial charge in [-0.1, -0.05) is 67.8 Å². The smallest absolute Gasteiger partial charge is 0.231 e. The van der Waals surface area contributed by atoms with Gasteiger partial charge in [0.25, 0.3) is 0 Å². The molecule has 4 nitrogen and oxygen atoms in total. The molecule has 1 aromatic heterocycles. The maximum atomic E-state index is 12.2. The summed E-state index contributed by atoms with van der Waals surface area (Å²) in [7, 11) is 0. The molecule has 0 amide bonds. The molecule has 0 spiro atoms. The van der Waals surface area contributed by atoms with Crippen LogP contribution in [0.4, 0.5) is 0 Å². The highest BCUT2D eigenvalue weighted by atomic mass is 32.2. The molecular weight excluding hydrogens is 452 g/mol. The quantitative estimate of drug-likeness (QED) is 0.391. The lowest BCUT2D eigenvalue weighted by atomic mass is 9.73. The molecule has 5 heteroatoms. The number of rotatable bonds is 7. The van der Waals surface area contributed by atoms with Crippen LogP contribution >= 0.6 is 11.8 Å². The first-order chi connectivity index (χ1) is 17.1. The molecule has 1 unspecified atom stereocenters. The lowest BCUT2D eigenvalue weighted by Gasteiger charge is -2.52. The van der Waals surface area contributed by atoms with Crippen molar-refractivity contribution in [2.45, 2.75) is 67.2 Å². The van der Waals surface area contributed by atoms with Crippen molar-refractivity contribution in [2.75, 3.05) is 19.6 Å². The molecule has 3 aromatic rings. The van der Waals surface area contributed by atoms with Crippen molar-refractivity contribution < 1.29 is 14.0 Å². The van der Waals surface area contributed by atoms with Gasteiger partial charge in [0, 0.05) is 23.7 Å². The minimum Gasteiger partial charge on any atom is -0.436 e. The molecule has 0 radical (unpaired) electrons. The standard InChI is InChI=1S/C30H37N2O2S/c33-30(24-10-4-1-5-11-24,25-12-6-2-7-13-25)29-31-20-26(34-29)21-32-18-16-23(17-19-32)28(22-32)35-27-14-8-3-9-15-27/h1,3-5,8-11,14-15,20,23,25,28,33H,2,6-7,12-13,16-19,21-22H2/q+1/t23?,28?,30-,32?/m0/s1. The maximum Gasteiger partial charge on any atom is 0.231 e. The number of quaternary nitrogens is 1. The van der Waals surface area contributed by atoms with Crippen LogP contribution in [0.5, 0.6) is 0 Å². The first-order valence-electron chi connectivity index (χ1n) is 13.4. The van der Waals surface area contributed by atoms with Crippen molar-refractivity contribution in [1.29, 1.82) is 0 Å². The van der Waals surface area contributed by atoms with Gasteiger partial charge >= 0.3 is 0 Å². The average Bonchev–Trinajstić information content (AvgIpc) is 3.39. The molecule has 4 aliphatic rings. The number of aromatic nitrogens is 1. The predicted molar refractivity (Wildman–Crippen MR) is 140 cm³/mol. The summed E-state index contributed by atoms with van der Waals surface area (Å²) in [4.78, 5) is 6.12. The van der Waals surface area contributed by atoms with E-state index in [9.17, 15) is 5.11 Å². The normalized spacial score (nSPS) is 28.6. The number of fused-ring (bicyclic) bond motifs is 3. The SMILES string of the molecule is O[C@](c1ccccc1)(c1ncc(C[N+]23CCC(CC2)C(Sc2ccccc2)C3)o1)C1CCCCC1. The minimum absolute atomic E-state index is 0.148. The first kappa shape index (κ1) is 23.3. The van der Waals surface area contributed by atoms with Crippen LogP contribution in [0, 0.1) is 11.8 Å². The Morgan fingerprint density at radius 1 is 0.914 bits per heavy atom. The number of hydrogen-bond acceptors (Lipinski definition) is 4. The van der Waals surface area contributed by atoms with Crippen LogP contribution in [0.15, 0.2) is 76.2 Å². The highest BCUT2D eigenvalue weighted by Crippen LogP contribution is 2.45. The highest BCUT2D eigenvalue weighted by molar-refractivity contribution is 8.00. The molecule has 35 heavy (non-hydrogen) atoms. The van der Waals surface area contributed by atoms with Crippen molar-refractivity contribution in [2.24, 2.45) is 11.8 Å². The van der Waals surface area contributed by atoms with E-state index < -0.39 is 5.60 Å². The third kappa shape index (κ3) is 4.59. The summed E-state index contributed by atoms with van der Waals surface area (Å²) in [6.07, 6.45) is 10.1. The second-order valence-electron chi connectivity index (χ2n) is 11.0. The van der Waals surface area contributed by atoms with E-state index in [1.165, 1.54) is 43.8 Å². The molecule has 2 atom stereocenters. The minimum atomic E-state index is -1.15. The Kier molecular flexibility index (Phi) is 6.50. The van der Waals surface area contributed by atoms with E-state index in [1.807, 2.05) is 36.5 Å². The molecule has 4 fully saturated rings. The van der Waals surface area contributed by atoms with E-state index in [0.717, 1.165) is 54.0 Å². The summed E-state index contributed by atoms with van der Waals surface area (Å²) in [5.41, 5.74) is -0.244. The first-order valence-corrected chi connectivity index (χ1v) is 14.3. The van der Waals surface area contributed by atoms with Crippen LogP contribution in [-0.4, -0.2) is 39.5 Å². The number of nitrogens with zero attached hydrogens (tertiary/aromatic N) is 2. The summed E-state index contributed by atoms with van der Waals surface area (Å²) < 4.78 is 7.56. The molecule has 1 saturated carbocycles. The predicted octanol–water partition coefficient (Wildman–Crippen LogP) is 6.39. The fourth-order valence-electron chi connectivity index (χ4n) is 6.88. The molecule has 4 heterocycles. The van der Waals surface area contributed by atoms with Gasteiger partial charge in [0.2, 0.25) is 5.89 Å². The van der Waals surface area contributed by atoms with E-state index in [2.05, 4.69) is 42.1 Å². The Morgan fingerprint density at radius 3 is 2.31 bits per heavy atom. The van der Waals surface area contributed by atoms with Gasteiger partial charge in [0.05, 0.1) is 31.1 Å². The Labute approximate surface area is 213 Å². The summed E-state index contributed by atoms with van der Waals surface area (Å²) in [6, 6.07) is 20.9. The third-order valence-electron chi connectivity index (χ3n) is 8.85. The molecule has 184 valence electrons. The van der Waals surface area contributed by atoms with Gasteiger partial charge < -0.3 is 14.0 Å². The van der Waals surface area contributed by atoms with E-state index in [4.69, 9.17) is 9.40 Å². The fourth-order valence-corrected chi connectivity index (χ4v) is 8.40. The van der Waals surface area contributed by atoms with Crippen molar-refractivity contribution >= 4 is 11.8 Å². The topological polar surface area (TPSA) is 46.3 Å². The Hall–Kier alpha value is -2.08. The van der Waals surface area contributed by atoms with Crippen LogP contribution in [0.3, 0.4) is 0 Å². The van der Waals surface area contributed by atoms with Crippen molar-refractivity contribution in [1.82, 2.24) is 4.98 Å².